The van der Waals surface area contributed by atoms with E-state index in [2.05, 4.69) is 99.7 Å². The Bertz CT molecular complexity index is 1810. The van der Waals surface area contributed by atoms with Crippen LogP contribution in [0.5, 0.6) is 0 Å². The highest BCUT2D eigenvalue weighted by Crippen LogP contribution is 2.40. The van der Waals surface area contributed by atoms with Crippen LogP contribution in [0.2, 0.25) is 0 Å². The Hall–Kier alpha value is -3.00. The van der Waals surface area contributed by atoms with Crippen LogP contribution < -0.4 is 0 Å². The lowest BCUT2D eigenvalue weighted by molar-refractivity contribution is -0.344. The molecule has 1 aliphatic heterocycles. The molecule has 0 saturated heterocycles. The van der Waals surface area contributed by atoms with Gasteiger partial charge in [-0.2, -0.15) is 0 Å². The molecule has 0 aliphatic carbocycles. The second-order valence-electron chi connectivity index (χ2n) is 24.6. The minimum absolute atomic E-state index is 0.931. The third kappa shape index (κ3) is 35.7. The minimum Gasteiger partial charge on any atom is -0.493 e. The van der Waals surface area contributed by atoms with Gasteiger partial charge in [0, 0.05) is 22.8 Å². The maximum absolute atomic E-state index is 12.1. The first-order chi connectivity index (χ1) is 38.7. The summed E-state index contributed by atoms with van der Waals surface area (Å²) in [4.78, 5) is 0. The van der Waals surface area contributed by atoms with Crippen LogP contribution in [0.1, 0.15) is 370 Å². The number of hydrogen-bond acceptors (Lipinski definition) is 0. The average Bonchev–Trinajstić information content (AvgIpc) is 3.80. The Morgan fingerprint density at radius 3 is 0.897 bits per heavy atom. The van der Waals surface area contributed by atoms with Crippen LogP contribution >= 0.6 is 0 Å². The fourth-order valence-corrected chi connectivity index (χ4v) is 12.2. The molecule has 1 aliphatic rings. The van der Waals surface area contributed by atoms with Gasteiger partial charge in [-0.15, -0.1) is 0 Å². The smallest absolute Gasteiger partial charge is 0.211 e. The van der Waals surface area contributed by atoms with Gasteiger partial charge >= 0.3 is 0 Å². The van der Waals surface area contributed by atoms with Crippen molar-refractivity contribution in [3.8, 4) is 0 Å². The predicted octanol–water partition coefficient (Wildman–Crippen LogP) is 26.6. The summed E-state index contributed by atoms with van der Waals surface area (Å²) in [5.41, 5.74) is 20.3. The summed E-state index contributed by atoms with van der Waals surface area (Å²) >= 11 is 0. The summed E-state index contributed by atoms with van der Waals surface area (Å²) in [6.45, 7) is 6.89. The summed E-state index contributed by atoms with van der Waals surface area (Å²) in [6, 6.07) is 17.6. The maximum Gasteiger partial charge on any atom is 0.211 e. The fourth-order valence-electron chi connectivity index (χ4n) is 12.2. The Balaban J connectivity index is 1.23. The van der Waals surface area contributed by atoms with E-state index in [1.165, 1.54) is 322 Å². The Morgan fingerprint density at radius 1 is 0.295 bits per heavy atom. The number of aryl methyl sites for hydroxylation is 2. The second kappa shape index (κ2) is 52.1. The molecule has 0 fully saturated rings. The van der Waals surface area contributed by atoms with Crippen molar-refractivity contribution >= 4 is 11.4 Å². The van der Waals surface area contributed by atoms with Crippen LogP contribution in [0, 0.1) is 0 Å². The molecule has 0 spiro atoms. The number of nitrogens with zero attached hydrogens (tertiary/aromatic N) is 2. The molecule has 0 radical (unpaired) electrons. The van der Waals surface area contributed by atoms with Crippen molar-refractivity contribution in [2.75, 3.05) is 0 Å². The topological polar surface area (TPSA) is 25.3 Å². The van der Waals surface area contributed by atoms with E-state index >= 15 is 0 Å². The summed E-state index contributed by atoms with van der Waals surface area (Å²) in [5, 5.41) is 0. The standard InChI is InChI=1S/C76H128N2/c1-4-7-10-12-14-16-18-20-22-24-26-28-30-32-34-36-38-40-42-44-46-48-50-52-54-56-63-70-65-58-60-67-73(70)75-69-72(62-9-6-3)76(78(75)77)74-68-61-59-66-71(74)64-57-55-53-51-49-47-45-43-41-39-37-35-33-31-29-27-25-23-21-19-17-15-13-11-8-5-2/h52-55,58-61,65-69H,4-51,56-57,62-64H2,1-3H3. The molecule has 2 aromatic rings. The van der Waals surface area contributed by atoms with E-state index in [9.17, 15) is 5.53 Å². The van der Waals surface area contributed by atoms with Crippen LogP contribution in [0.15, 0.2) is 84.5 Å². The number of unbranched alkanes of at least 4 members (excludes halogenated alkanes) is 45. The van der Waals surface area contributed by atoms with Gasteiger partial charge < -0.3 is 5.53 Å². The number of allylic oxidation sites excluding steroid dienone is 6. The van der Waals surface area contributed by atoms with Crippen molar-refractivity contribution in [3.05, 3.63) is 112 Å². The highest BCUT2D eigenvalue weighted by atomic mass is 15.2. The lowest BCUT2D eigenvalue weighted by Crippen LogP contribution is -2.06. The van der Waals surface area contributed by atoms with E-state index in [4.69, 9.17) is 0 Å². The Kier molecular flexibility index (Phi) is 46.3. The lowest BCUT2D eigenvalue weighted by Gasteiger charge is -2.14. The van der Waals surface area contributed by atoms with Gasteiger partial charge in [-0.3, -0.25) is 0 Å². The van der Waals surface area contributed by atoms with Crippen molar-refractivity contribution < 1.29 is 4.70 Å². The molecule has 0 unspecified atom stereocenters. The van der Waals surface area contributed by atoms with Gasteiger partial charge in [0.2, 0.25) is 11.4 Å². The zero-order chi connectivity index (χ0) is 55.3. The maximum atomic E-state index is 12.1. The van der Waals surface area contributed by atoms with Crippen LogP contribution in [-0.4, -0.2) is 4.70 Å². The third-order valence-electron chi connectivity index (χ3n) is 17.4. The van der Waals surface area contributed by atoms with E-state index in [0.29, 0.717) is 0 Å². The summed E-state index contributed by atoms with van der Waals surface area (Å²) in [7, 11) is 0. The monoisotopic (exact) mass is 1070 g/mol. The minimum atomic E-state index is 0.931. The molecule has 2 aromatic carbocycles. The predicted molar refractivity (Wildman–Crippen MR) is 350 cm³/mol. The second-order valence-corrected chi connectivity index (χ2v) is 24.6. The van der Waals surface area contributed by atoms with Crippen molar-refractivity contribution in [2.24, 2.45) is 0 Å². The first-order valence-corrected chi connectivity index (χ1v) is 35.1. The normalized spacial score (nSPS) is 12.9. The van der Waals surface area contributed by atoms with E-state index in [1.54, 1.807) is 0 Å². The SMILES string of the molecule is CCCCCCCCCCCCCCCCCCCCCCCCC=CCCc1ccccc1C1=CC(CCCC)=C(c2ccccc2CCC=CCCCCCCCCCCCCCCCCCCCCCCCC)[N+]1=[N-]. The van der Waals surface area contributed by atoms with Gasteiger partial charge in [0.25, 0.3) is 0 Å². The fraction of sp³-hybridized carbons (Fsp3) is 0.737. The summed E-state index contributed by atoms with van der Waals surface area (Å²) in [5.74, 6) is 0. The quantitative estimate of drug-likeness (QED) is 0.0358. The van der Waals surface area contributed by atoms with Crippen LogP contribution in [0.4, 0.5) is 0 Å². The molecular formula is C76H128N2. The highest BCUT2D eigenvalue weighted by molar-refractivity contribution is 5.80. The van der Waals surface area contributed by atoms with Crippen LogP contribution in [0.25, 0.3) is 16.9 Å². The third-order valence-corrected chi connectivity index (χ3v) is 17.4. The van der Waals surface area contributed by atoms with E-state index in [1.807, 2.05) is 0 Å². The van der Waals surface area contributed by atoms with Gasteiger partial charge in [0.15, 0.2) is 0 Å². The number of hydrogen-bond donors (Lipinski definition) is 0. The van der Waals surface area contributed by atoms with Gasteiger partial charge in [0.05, 0.1) is 0 Å². The van der Waals surface area contributed by atoms with Crippen molar-refractivity contribution in [3.63, 3.8) is 0 Å². The Labute approximate surface area is 487 Å². The first kappa shape index (κ1) is 69.3. The molecule has 2 heteroatoms. The Morgan fingerprint density at radius 2 is 0.564 bits per heavy atom. The highest BCUT2D eigenvalue weighted by Gasteiger charge is 2.31. The first-order valence-electron chi connectivity index (χ1n) is 35.1. The largest absolute Gasteiger partial charge is 0.493 e. The number of benzene rings is 2. The van der Waals surface area contributed by atoms with Gasteiger partial charge in [-0.05, 0) is 87.5 Å². The van der Waals surface area contributed by atoms with Crippen molar-refractivity contribution in [1.82, 2.24) is 0 Å². The molecule has 0 atom stereocenters. The molecule has 3 rings (SSSR count). The van der Waals surface area contributed by atoms with E-state index in [-0.39, 0.29) is 0 Å². The van der Waals surface area contributed by atoms with Crippen molar-refractivity contribution in [1.29, 1.82) is 0 Å². The van der Waals surface area contributed by atoms with Gasteiger partial charge in [-0.1, -0.05) is 358 Å². The molecule has 0 N–H and O–H groups in total. The molecule has 442 valence electrons. The summed E-state index contributed by atoms with van der Waals surface area (Å²) in [6.07, 6.45) is 84.9. The number of rotatable bonds is 57. The van der Waals surface area contributed by atoms with E-state index < -0.39 is 0 Å². The molecule has 0 amide bonds. The molecule has 1 heterocycles. The van der Waals surface area contributed by atoms with Gasteiger partial charge in [-0.25, -0.2) is 4.70 Å². The lowest BCUT2D eigenvalue weighted by atomic mass is 9.96. The summed E-state index contributed by atoms with van der Waals surface area (Å²) < 4.78 is 1.54. The molecule has 2 nitrogen and oxygen atoms in total. The molecule has 0 aromatic heterocycles. The molecule has 78 heavy (non-hydrogen) atoms. The molecular weight excluding hydrogens is 941 g/mol. The van der Waals surface area contributed by atoms with Gasteiger partial charge in [0.1, 0.15) is 0 Å². The molecule has 0 saturated carbocycles. The average molecular weight is 1070 g/mol. The zero-order valence-corrected chi connectivity index (χ0v) is 52.4. The van der Waals surface area contributed by atoms with Crippen LogP contribution in [0.3, 0.4) is 0 Å². The van der Waals surface area contributed by atoms with Crippen molar-refractivity contribution in [2.45, 2.75) is 361 Å². The molecule has 0 bridgehead atoms. The van der Waals surface area contributed by atoms with Crippen LogP contribution in [-0.2, 0) is 12.8 Å². The zero-order valence-electron chi connectivity index (χ0n) is 52.4. The van der Waals surface area contributed by atoms with E-state index in [0.717, 1.165) is 61.9 Å².